The highest BCUT2D eigenvalue weighted by atomic mass is 32.2. The van der Waals surface area contributed by atoms with Crippen LogP contribution in [0, 0.1) is 0 Å². The highest BCUT2D eigenvalue weighted by molar-refractivity contribution is 7.88. The number of nitrogens with one attached hydrogen (secondary N) is 1. The van der Waals surface area contributed by atoms with Gasteiger partial charge >= 0.3 is 0 Å². The van der Waals surface area contributed by atoms with Crippen LogP contribution in [0.2, 0.25) is 0 Å². The number of nitrogens with zero attached hydrogens (tertiary/aromatic N) is 3. The molecule has 0 unspecified atom stereocenters. The van der Waals surface area contributed by atoms with Gasteiger partial charge in [0.05, 0.1) is 31.5 Å². The van der Waals surface area contributed by atoms with Gasteiger partial charge in [-0.1, -0.05) is 18.2 Å². The lowest BCUT2D eigenvalue weighted by atomic mass is 9.98. The summed E-state index contributed by atoms with van der Waals surface area (Å²) in [5.74, 6) is 0.450. The molecular weight excluding hydrogens is 414 g/mol. The summed E-state index contributed by atoms with van der Waals surface area (Å²) in [7, 11) is -1.66. The molecule has 1 aliphatic rings. The van der Waals surface area contributed by atoms with Crippen molar-refractivity contribution < 1.29 is 13.2 Å². The highest BCUT2D eigenvalue weighted by Crippen LogP contribution is 2.32. The molecule has 0 spiro atoms. The van der Waals surface area contributed by atoms with E-state index in [4.69, 9.17) is 10.5 Å². The van der Waals surface area contributed by atoms with Crippen molar-refractivity contribution >= 4 is 21.4 Å². The summed E-state index contributed by atoms with van der Waals surface area (Å²) < 4.78 is 30.5. The zero-order valence-corrected chi connectivity index (χ0v) is 18.3. The van der Waals surface area contributed by atoms with E-state index in [0.29, 0.717) is 37.6 Å². The van der Waals surface area contributed by atoms with E-state index >= 15 is 0 Å². The second-order valence-corrected chi connectivity index (χ2v) is 9.42. The minimum absolute atomic E-state index is 0.380. The molecule has 0 saturated carbocycles. The van der Waals surface area contributed by atoms with Gasteiger partial charge in [-0.05, 0) is 41.3 Å². The maximum atomic E-state index is 11.9. The summed E-state index contributed by atoms with van der Waals surface area (Å²) in [6.07, 6.45) is 5.16. The Kier molecular flexibility index (Phi) is 5.90. The molecule has 0 amide bonds. The molecule has 1 aromatic heterocycles. The molecule has 0 saturated heterocycles. The average Bonchev–Trinajstić information content (AvgIpc) is 2.78. The quantitative estimate of drug-likeness (QED) is 0.607. The minimum Gasteiger partial charge on any atom is -0.480 e. The third-order valence-electron chi connectivity index (χ3n) is 5.42. The molecule has 2 heterocycles. The van der Waals surface area contributed by atoms with Gasteiger partial charge in [-0.25, -0.2) is 18.4 Å². The number of hydrogen-bond donors (Lipinski definition) is 2. The Balaban J connectivity index is 1.65. The largest absolute Gasteiger partial charge is 0.480 e. The van der Waals surface area contributed by atoms with Gasteiger partial charge in [0.15, 0.2) is 0 Å². The van der Waals surface area contributed by atoms with Crippen LogP contribution in [0.25, 0.3) is 11.3 Å². The fourth-order valence-corrected chi connectivity index (χ4v) is 4.57. The summed E-state index contributed by atoms with van der Waals surface area (Å²) in [4.78, 5) is 8.69. The number of nitrogens with two attached hydrogens (primary N) is 1. The summed E-state index contributed by atoms with van der Waals surface area (Å²) >= 11 is 0. The third-order valence-corrected chi connectivity index (χ3v) is 6.67. The number of benzene rings is 2. The Labute approximate surface area is 182 Å². The molecule has 0 radical (unpaired) electrons. The normalized spacial score (nSPS) is 14.2. The van der Waals surface area contributed by atoms with E-state index in [1.54, 1.807) is 19.5 Å². The van der Waals surface area contributed by atoms with E-state index in [1.165, 1.54) is 10.6 Å². The molecule has 9 heteroatoms. The molecular formula is C22H25N5O3S. The van der Waals surface area contributed by atoms with E-state index in [2.05, 4.69) is 15.3 Å². The van der Waals surface area contributed by atoms with E-state index in [0.717, 1.165) is 33.6 Å². The van der Waals surface area contributed by atoms with Crippen LogP contribution in [0.15, 0.2) is 48.8 Å². The molecule has 3 N–H and O–H groups in total. The lowest BCUT2D eigenvalue weighted by Gasteiger charge is -2.28. The van der Waals surface area contributed by atoms with Gasteiger partial charge in [0.2, 0.25) is 15.9 Å². The number of rotatable bonds is 6. The molecule has 31 heavy (non-hydrogen) atoms. The number of hydrogen-bond acceptors (Lipinski definition) is 7. The Morgan fingerprint density at radius 2 is 2.03 bits per heavy atom. The molecule has 1 aliphatic heterocycles. The number of sulfonamides is 1. The van der Waals surface area contributed by atoms with Gasteiger partial charge in [0.25, 0.3) is 0 Å². The van der Waals surface area contributed by atoms with Crippen LogP contribution in [-0.2, 0) is 29.5 Å². The summed E-state index contributed by atoms with van der Waals surface area (Å²) in [5, 5.41) is 3.49. The van der Waals surface area contributed by atoms with Crippen LogP contribution < -0.4 is 15.8 Å². The van der Waals surface area contributed by atoms with Gasteiger partial charge in [0.1, 0.15) is 0 Å². The monoisotopic (exact) mass is 439 g/mol. The van der Waals surface area contributed by atoms with Crippen molar-refractivity contribution in [2.45, 2.75) is 19.5 Å². The molecule has 3 aromatic rings. The van der Waals surface area contributed by atoms with Crippen molar-refractivity contribution in [3.8, 4) is 17.1 Å². The lowest BCUT2D eigenvalue weighted by molar-refractivity contribution is 0.395. The number of methoxy groups -OCH3 is 1. The second-order valence-electron chi connectivity index (χ2n) is 7.43. The first-order valence-electron chi connectivity index (χ1n) is 9.91. The fourth-order valence-electron chi connectivity index (χ4n) is 3.77. The van der Waals surface area contributed by atoms with Crippen LogP contribution in [0.4, 0.5) is 11.4 Å². The zero-order valence-electron chi connectivity index (χ0n) is 17.5. The topological polar surface area (TPSA) is 110 Å². The SMILES string of the molecule is COc1cnc(-c2cc(Nc3cccc4c3CCN(S(C)(=O)=O)C4)ccc2CN)cn1. The van der Waals surface area contributed by atoms with Crippen molar-refractivity contribution in [2.75, 3.05) is 25.2 Å². The van der Waals surface area contributed by atoms with E-state index < -0.39 is 10.0 Å². The van der Waals surface area contributed by atoms with E-state index in [1.807, 2.05) is 36.4 Å². The van der Waals surface area contributed by atoms with Crippen molar-refractivity contribution in [1.82, 2.24) is 14.3 Å². The number of aromatic nitrogens is 2. The smallest absolute Gasteiger partial charge is 0.232 e. The molecule has 2 aromatic carbocycles. The molecule has 4 rings (SSSR count). The van der Waals surface area contributed by atoms with Crippen LogP contribution in [0.5, 0.6) is 5.88 Å². The predicted octanol–water partition coefficient (Wildman–Crippen LogP) is 2.67. The third kappa shape index (κ3) is 4.53. The van der Waals surface area contributed by atoms with E-state index in [-0.39, 0.29) is 0 Å². The summed E-state index contributed by atoms with van der Waals surface area (Å²) in [6.45, 7) is 1.25. The summed E-state index contributed by atoms with van der Waals surface area (Å²) in [6, 6.07) is 11.9. The molecule has 0 aliphatic carbocycles. The molecule has 0 fully saturated rings. The van der Waals surface area contributed by atoms with Crippen molar-refractivity contribution in [3.63, 3.8) is 0 Å². The molecule has 0 bridgehead atoms. The zero-order chi connectivity index (χ0) is 22.0. The van der Waals surface area contributed by atoms with Gasteiger partial charge in [-0.3, -0.25) is 0 Å². The van der Waals surface area contributed by atoms with Crippen molar-refractivity contribution in [3.05, 3.63) is 65.5 Å². The number of anilines is 2. The number of ether oxygens (including phenoxy) is 1. The van der Waals surface area contributed by atoms with Crippen molar-refractivity contribution in [2.24, 2.45) is 5.73 Å². The molecule has 0 atom stereocenters. The maximum Gasteiger partial charge on any atom is 0.232 e. The van der Waals surface area contributed by atoms with Gasteiger partial charge in [-0.15, -0.1) is 0 Å². The molecule has 8 nitrogen and oxygen atoms in total. The maximum absolute atomic E-state index is 11.9. The fraction of sp³-hybridized carbons (Fsp3) is 0.273. The Morgan fingerprint density at radius 3 is 2.71 bits per heavy atom. The average molecular weight is 440 g/mol. The minimum atomic E-state index is -3.21. The molecule has 162 valence electrons. The van der Waals surface area contributed by atoms with Crippen molar-refractivity contribution in [1.29, 1.82) is 0 Å². The second kappa shape index (κ2) is 8.62. The Hall–Kier alpha value is -3.01. The lowest BCUT2D eigenvalue weighted by Crippen LogP contribution is -2.35. The number of fused-ring (bicyclic) bond motifs is 1. The predicted molar refractivity (Wildman–Crippen MR) is 121 cm³/mol. The van der Waals surface area contributed by atoms with Crippen LogP contribution in [0.3, 0.4) is 0 Å². The first kappa shape index (κ1) is 21.2. The summed E-state index contributed by atoms with van der Waals surface area (Å²) in [5.41, 5.74) is 12.5. The Morgan fingerprint density at radius 1 is 1.19 bits per heavy atom. The first-order valence-corrected chi connectivity index (χ1v) is 11.8. The van der Waals surface area contributed by atoms with Gasteiger partial charge < -0.3 is 15.8 Å². The van der Waals surface area contributed by atoms with Crippen LogP contribution in [0.1, 0.15) is 16.7 Å². The van der Waals surface area contributed by atoms with Crippen LogP contribution >= 0.6 is 0 Å². The first-order chi connectivity index (χ1) is 14.9. The van der Waals surface area contributed by atoms with Gasteiger partial charge in [0, 0.05) is 36.6 Å². The van der Waals surface area contributed by atoms with Crippen LogP contribution in [-0.4, -0.2) is 42.6 Å². The van der Waals surface area contributed by atoms with E-state index in [9.17, 15) is 8.42 Å². The standard InChI is InChI=1S/C22H25N5O3S/c1-30-22-13-24-21(12-25-22)19-10-17(7-6-15(19)11-23)26-20-5-3-4-16-14-27(31(2,28)29)9-8-18(16)20/h3-7,10,12-13,26H,8-9,11,14,23H2,1-2H3. The Bertz CT molecular complexity index is 1200. The highest BCUT2D eigenvalue weighted by Gasteiger charge is 2.24. The van der Waals surface area contributed by atoms with Gasteiger partial charge in [-0.2, -0.15) is 4.31 Å².